The third-order valence-electron chi connectivity index (χ3n) is 3.60. The van der Waals surface area contributed by atoms with E-state index in [1.54, 1.807) is 23.3 Å². The maximum absolute atomic E-state index is 13.4. The van der Waals surface area contributed by atoms with Gasteiger partial charge in [-0.25, -0.2) is 4.39 Å². The second kappa shape index (κ2) is 8.06. The Kier molecular flexibility index (Phi) is 6.10. The van der Waals surface area contributed by atoms with Gasteiger partial charge in [-0.2, -0.15) is 15.0 Å². The van der Waals surface area contributed by atoms with E-state index in [4.69, 9.17) is 11.6 Å². The van der Waals surface area contributed by atoms with Crippen molar-refractivity contribution in [2.75, 3.05) is 0 Å². The Labute approximate surface area is 139 Å². The lowest BCUT2D eigenvalue weighted by Crippen LogP contribution is -2.42. The molecule has 0 radical (unpaired) electrons. The molecule has 0 aliphatic rings. The summed E-state index contributed by atoms with van der Waals surface area (Å²) >= 11 is 5.65. The van der Waals surface area contributed by atoms with E-state index in [1.807, 2.05) is 13.8 Å². The van der Waals surface area contributed by atoms with Crippen LogP contribution in [0.4, 0.5) is 4.39 Å². The summed E-state index contributed by atoms with van der Waals surface area (Å²) in [7, 11) is 0. The van der Waals surface area contributed by atoms with Gasteiger partial charge in [0, 0.05) is 6.42 Å². The average Bonchev–Trinajstić information content (AvgIpc) is 3.01. The summed E-state index contributed by atoms with van der Waals surface area (Å²) in [6, 6.07) is 4.54. The highest BCUT2D eigenvalue weighted by Gasteiger charge is 2.17. The Morgan fingerprint density at radius 2 is 2.04 bits per heavy atom. The van der Waals surface area contributed by atoms with E-state index in [-0.39, 0.29) is 29.3 Å². The van der Waals surface area contributed by atoms with Gasteiger partial charge >= 0.3 is 0 Å². The summed E-state index contributed by atoms with van der Waals surface area (Å²) in [4.78, 5) is 13.7. The van der Waals surface area contributed by atoms with Crippen molar-refractivity contribution in [2.45, 2.75) is 39.3 Å². The van der Waals surface area contributed by atoms with Gasteiger partial charge in [0.2, 0.25) is 5.91 Å². The molecule has 1 heterocycles. The summed E-state index contributed by atoms with van der Waals surface area (Å²) < 4.78 is 13.4. The number of benzene rings is 1. The lowest BCUT2D eigenvalue weighted by Gasteiger charge is -2.21. The predicted octanol–water partition coefficient (Wildman–Crippen LogP) is 2.84. The highest BCUT2D eigenvalue weighted by Crippen LogP contribution is 2.16. The predicted molar refractivity (Wildman–Crippen MR) is 86.5 cm³/mol. The molecule has 0 aliphatic heterocycles. The molecule has 23 heavy (non-hydrogen) atoms. The molecule has 1 amide bonds. The minimum atomic E-state index is -0.464. The lowest BCUT2D eigenvalue weighted by atomic mass is 10.0. The molecule has 5 nitrogen and oxygen atoms in total. The van der Waals surface area contributed by atoms with Crippen molar-refractivity contribution in [1.29, 1.82) is 0 Å². The zero-order chi connectivity index (χ0) is 16.8. The van der Waals surface area contributed by atoms with Crippen LogP contribution in [0, 0.1) is 11.7 Å². The first kappa shape index (κ1) is 17.4. The monoisotopic (exact) mass is 338 g/mol. The van der Waals surface area contributed by atoms with Gasteiger partial charge < -0.3 is 5.32 Å². The second-order valence-corrected chi connectivity index (χ2v) is 6.16. The Morgan fingerprint density at radius 1 is 1.35 bits per heavy atom. The maximum atomic E-state index is 13.4. The van der Waals surface area contributed by atoms with Crippen LogP contribution < -0.4 is 5.32 Å². The molecule has 1 aromatic heterocycles. The van der Waals surface area contributed by atoms with Crippen LogP contribution in [0.1, 0.15) is 25.8 Å². The Morgan fingerprint density at radius 3 is 2.65 bits per heavy atom. The fourth-order valence-corrected chi connectivity index (χ4v) is 2.29. The van der Waals surface area contributed by atoms with Crippen LogP contribution in [0.2, 0.25) is 5.02 Å². The number of hydrogen-bond donors (Lipinski definition) is 1. The summed E-state index contributed by atoms with van der Waals surface area (Å²) in [5.74, 6) is -0.293. The highest BCUT2D eigenvalue weighted by atomic mass is 35.5. The van der Waals surface area contributed by atoms with Crippen LogP contribution in [-0.2, 0) is 17.8 Å². The number of aryl methyl sites for hydroxylation is 1. The second-order valence-electron chi connectivity index (χ2n) is 5.75. The molecular formula is C16H20ClFN4O. The topological polar surface area (TPSA) is 59.8 Å². The van der Waals surface area contributed by atoms with Crippen molar-refractivity contribution in [1.82, 2.24) is 20.3 Å². The number of nitrogens with one attached hydrogen (secondary N) is 1. The number of halogens is 2. The van der Waals surface area contributed by atoms with Crippen LogP contribution in [0.15, 0.2) is 30.6 Å². The molecule has 0 aliphatic carbocycles. The van der Waals surface area contributed by atoms with Gasteiger partial charge in [-0.1, -0.05) is 31.5 Å². The van der Waals surface area contributed by atoms with E-state index >= 15 is 0 Å². The quantitative estimate of drug-likeness (QED) is 0.844. The van der Waals surface area contributed by atoms with Crippen molar-refractivity contribution < 1.29 is 9.18 Å². The first-order valence-corrected chi connectivity index (χ1v) is 7.91. The molecule has 1 N–H and O–H groups in total. The van der Waals surface area contributed by atoms with Gasteiger partial charge in [0.05, 0.1) is 30.0 Å². The zero-order valence-electron chi connectivity index (χ0n) is 13.2. The van der Waals surface area contributed by atoms with E-state index in [0.29, 0.717) is 13.0 Å². The first-order chi connectivity index (χ1) is 11.0. The van der Waals surface area contributed by atoms with Crippen LogP contribution in [0.3, 0.4) is 0 Å². The molecule has 0 saturated carbocycles. The smallest absolute Gasteiger partial charge is 0.220 e. The fourth-order valence-electron chi connectivity index (χ4n) is 2.17. The number of amides is 1. The van der Waals surface area contributed by atoms with Gasteiger partial charge in [-0.05, 0) is 30.0 Å². The van der Waals surface area contributed by atoms with E-state index in [2.05, 4.69) is 15.5 Å². The summed E-state index contributed by atoms with van der Waals surface area (Å²) in [6.45, 7) is 4.58. The minimum Gasteiger partial charge on any atom is -0.351 e. The number of rotatable bonds is 7. The number of carbonyl (C=O) groups excluding carboxylic acids is 1. The maximum Gasteiger partial charge on any atom is 0.220 e. The SMILES string of the molecule is CC(C)C(Cn1nccn1)NC(=O)CCc1ccc(Cl)c(F)c1. The molecule has 124 valence electrons. The third-order valence-corrected chi connectivity index (χ3v) is 3.91. The molecule has 1 aromatic carbocycles. The van der Waals surface area contributed by atoms with E-state index in [9.17, 15) is 9.18 Å². The normalized spacial score (nSPS) is 12.4. The molecule has 0 saturated heterocycles. The molecule has 2 aromatic rings. The molecule has 1 atom stereocenters. The van der Waals surface area contributed by atoms with Crippen molar-refractivity contribution in [3.63, 3.8) is 0 Å². The largest absolute Gasteiger partial charge is 0.351 e. The fraction of sp³-hybridized carbons (Fsp3) is 0.438. The Bertz CT molecular complexity index is 646. The van der Waals surface area contributed by atoms with Crippen molar-refractivity contribution >= 4 is 17.5 Å². The van der Waals surface area contributed by atoms with E-state index in [0.717, 1.165) is 5.56 Å². The summed E-state index contributed by atoms with van der Waals surface area (Å²) in [5, 5.41) is 11.2. The highest BCUT2D eigenvalue weighted by molar-refractivity contribution is 6.30. The van der Waals surface area contributed by atoms with Crippen molar-refractivity contribution in [3.05, 3.63) is 47.0 Å². The van der Waals surface area contributed by atoms with Crippen LogP contribution >= 0.6 is 11.6 Å². The van der Waals surface area contributed by atoms with Crippen LogP contribution in [-0.4, -0.2) is 26.9 Å². The number of carbonyl (C=O) groups is 1. The minimum absolute atomic E-state index is 0.0585. The molecule has 1 unspecified atom stereocenters. The van der Waals surface area contributed by atoms with Gasteiger partial charge in [0.15, 0.2) is 0 Å². The molecule has 2 rings (SSSR count). The average molecular weight is 339 g/mol. The number of hydrogen-bond acceptors (Lipinski definition) is 3. The van der Waals surface area contributed by atoms with Gasteiger partial charge in [-0.15, -0.1) is 0 Å². The van der Waals surface area contributed by atoms with Crippen molar-refractivity contribution in [3.8, 4) is 0 Å². The van der Waals surface area contributed by atoms with Crippen molar-refractivity contribution in [2.24, 2.45) is 5.92 Å². The number of aromatic nitrogens is 3. The lowest BCUT2D eigenvalue weighted by molar-refractivity contribution is -0.122. The molecule has 0 fully saturated rings. The Balaban J connectivity index is 1.87. The summed E-state index contributed by atoms with van der Waals surface area (Å²) in [6.07, 6.45) is 3.96. The zero-order valence-corrected chi connectivity index (χ0v) is 13.9. The van der Waals surface area contributed by atoms with E-state index in [1.165, 1.54) is 12.1 Å². The standard InChI is InChI=1S/C16H20ClFN4O/c1-11(2)15(10-22-19-7-8-20-22)21-16(23)6-4-12-3-5-13(17)14(18)9-12/h3,5,7-9,11,15H,4,6,10H2,1-2H3,(H,21,23). The third kappa shape index (κ3) is 5.32. The molecular weight excluding hydrogens is 319 g/mol. The van der Waals surface area contributed by atoms with Crippen LogP contribution in [0.25, 0.3) is 0 Å². The first-order valence-electron chi connectivity index (χ1n) is 7.53. The molecule has 0 bridgehead atoms. The van der Waals surface area contributed by atoms with Gasteiger partial charge in [0.25, 0.3) is 0 Å². The van der Waals surface area contributed by atoms with Crippen LogP contribution in [0.5, 0.6) is 0 Å². The Hall–Kier alpha value is -1.95. The molecule has 0 spiro atoms. The van der Waals surface area contributed by atoms with E-state index < -0.39 is 5.82 Å². The van der Waals surface area contributed by atoms with Gasteiger partial charge in [-0.3, -0.25) is 4.79 Å². The molecule has 7 heteroatoms. The van der Waals surface area contributed by atoms with Gasteiger partial charge in [0.1, 0.15) is 5.82 Å². The number of nitrogens with zero attached hydrogens (tertiary/aromatic N) is 3. The summed E-state index contributed by atoms with van der Waals surface area (Å²) in [5.41, 5.74) is 0.747.